The number of H-pyrrole nitrogens is 2. The Hall–Kier alpha value is -2.99. The number of hydrogen-bond acceptors (Lipinski definition) is 8. The second-order valence-electron chi connectivity index (χ2n) is 9.63. The highest BCUT2D eigenvalue weighted by atomic mass is 32.2. The van der Waals surface area contributed by atoms with Crippen LogP contribution in [0.5, 0.6) is 0 Å². The maximum atomic E-state index is 12.8. The Morgan fingerprint density at radius 1 is 1.21 bits per heavy atom. The first kappa shape index (κ1) is 20.6. The van der Waals surface area contributed by atoms with E-state index in [0.717, 1.165) is 18.7 Å². The van der Waals surface area contributed by atoms with Gasteiger partial charge in [-0.3, -0.25) is 10.2 Å². The summed E-state index contributed by atoms with van der Waals surface area (Å²) in [6, 6.07) is 4.16. The van der Waals surface area contributed by atoms with Gasteiger partial charge in [0.05, 0.1) is 5.69 Å². The van der Waals surface area contributed by atoms with E-state index < -0.39 is 10.0 Å². The van der Waals surface area contributed by atoms with E-state index in [1.54, 1.807) is 17.4 Å². The van der Waals surface area contributed by atoms with Crippen LogP contribution in [0.4, 0.5) is 17.6 Å². The molecule has 33 heavy (non-hydrogen) atoms. The molecule has 1 spiro atoms. The number of sulfonamides is 1. The van der Waals surface area contributed by atoms with E-state index in [0.29, 0.717) is 36.5 Å². The van der Waals surface area contributed by atoms with Gasteiger partial charge in [-0.15, -0.1) is 0 Å². The largest absolute Gasteiger partial charge is 0.341 e. The molecule has 1 saturated heterocycles. The summed E-state index contributed by atoms with van der Waals surface area (Å²) in [6.45, 7) is 2.80. The van der Waals surface area contributed by atoms with Crippen molar-refractivity contribution in [2.45, 2.75) is 49.5 Å². The van der Waals surface area contributed by atoms with E-state index in [1.807, 2.05) is 19.2 Å². The van der Waals surface area contributed by atoms with Gasteiger partial charge in [-0.05, 0) is 38.7 Å². The van der Waals surface area contributed by atoms with Crippen molar-refractivity contribution in [2.24, 2.45) is 5.41 Å². The molecule has 0 radical (unpaired) electrons. The third-order valence-corrected chi connectivity index (χ3v) is 9.05. The molecular weight excluding hydrogens is 442 g/mol. The average Bonchev–Trinajstić information content (AvgIpc) is 3.31. The predicted octanol–water partition coefficient (Wildman–Crippen LogP) is 2.14. The number of aromatic nitrogens is 6. The summed E-state index contributed by atoms with van der Waals surface area (Å²) in [5, 5.41) is 17.3. The maximum Gasteiger partial charge on any atom is 0.246 e. The highest BCUT2D eigenvalue weighted by molar-refractivity contribution is 7.89. The van der Waals surface area contributed by atoms with Crippen LogP contribution in [-0.4, -0.2) is 69.3 Å². The third-order valence-electron chi connectivity index (χ3n) is 7.14. The Morgan fingerprint density at radius 3 is 2.70 bits per heavy atom. The number of anilines is 3. The molecule has 12 heteroatoms. The molecule has 3 aromatic rings. The molecule has 0 unspecified atom stereocenters. The van der Waals surface area contributed by atoms with Gasteiger partial charge in [0.25, 0.3) is 0 Å². The first-order valence-corrected chi connectivity index (χ1v) is 12.7. The van der Waals surface area contributed by atoms with Crippen LogP contribution in [0.2, 0.25) is 0 Å². The fourth-order valence-corrected chi connectivity index (χ4v) is 6.76. The molecule has 0 amide bonds. The molecule has 0 bridgehead atoms. The van der Waals surface area contributed by atoms with E-state index in [4.69, 9.17) is 0 Å². The van der Waals surface area contributed by atoms with Crippen LogP contribution in [0, 0.1) is 12.3 Å². The second-order valence-corrected chi connectivity index (χ2v) is 11.5. The number of aryl methyl sites for hydroxylation is 1. The Kier molecular flexibility index (Phi) is 4.53. The number of aromatic amines is 2. The van der Waals surface area contributed by atoms with Gasteiger partial charge >= 0.3 is 0 Å². The van der Waals surface area contributed by atoms with Crippen molar-refractivity contribution >= 4 is 27.6 Å². The summed E-state index contributed by atoms with van der Waals surface area (Å²) in [5.74, 6) is 2.73. The number of hydrogen-bond donors (Lipinski definition) is 3. The van der Waals surface area contributed by atoms with E-state index >= 15 is 0 Å². The molecule has 2 saturated carbocycles. The van der Waals surface area contributed by atoms with Gasteiger partial charge in [-0.2, -0.15) is 19.5 Å². The lowest BCUT2D eigenvalue weighted by Gasteiger charge is -2.59. The standard InChI is InChI=1S/C21H27N9O2S/c1-13-17(10-23-26-13)33(31,32)30-11-21(12-30)8-15(9-21)29(2)20-22-6-5-18(25-20)24-19-7-16(27-28-19)14-3-4-14/h5-7,10,14-15H,3-4,8-9,11-12H2,1-2H3,(H,23,26)(H2,22,24,25,27,28). The molecular formula is C21H27N9O2S. The molecule has 2 aliphatic carbocycles. The van der Waals surface area contributed by atoms with Gasteiger partial charge < -0.3 is 10.2 Å². The highest BCUT2D eigenvalue weighted by Gasteiger charge is 2.57. The van der Waals surface area contributed by atoms with Gasteiger partial charge in [-0.1, -0.05) is 0 Å². The molecule has 0 atom stereocenters. The zero-order chi connectivity index (χ0) is 22.8. The summed E-state index contributed by atoms with van der Waals surface area (Å²) < 4.78 is 27.2. The predicted molar refractivity (Wildman–Crippen MR) is 122 cm³/mol. The molecule has 0 aromatic carbocycles. The molecule has 1 aliphatic heterocycles. The van der Waals surface area contributed by atoms with E-state index in [1.165, 1.54) is 24.7 Å². The molecule has 6 rings (SSSR count). The fourth-order valence-electron chi connectivity index (χ4n) is 4.98. The monoisotopic (exact) mass is 469 g/mol. The van der Waals surface area contributed by atoms with Crippen molar-refractivity contribution in [3.8, 4) is 0 Å². The van der Waals surface area contributed by atoms with E-state index in [-0.39, 0.29) is 16.4 Å². The fraction of sp³-hybridized carbons (Fsp3) is 0.524. The lowest BCUT2D eigenvalue weighted by molar-refractivity contribution is -0.0244. The minimum absolute atomic E-state index is 0.0494. The van der Waals surface area contributed by atoms with Crippen LogP contribution in [0.15, 0.2) is 29.4 Å². The van der Waals surface area contributed by atoms with Crippen LogP contribution in [0.25, 0.3) is 0 Å². The Morgan fingerprint density at radius 2 is 2.00 bits per heavy atom. The molecule has 3 aromatic heterocycles. The Labute approximate surface area is 192 Å². The second kappa shape index (κ2) is 7.26. The van der Waals surface area contributed by atoms with Crippen molar-refractivity contribution in [1.29, 1.82) is 0 Å². The summed E-state index contributed by atoms with van der Waals surface area (Å²) in [5.41, 5.74) is 1.72. The van der Waals surface area contributed by atoms with Crippen molar-refractivity contribution in [1.82, 2.24) is 34.7 Å². The van der Waals surface area contributed by atoms with Gasteiger partial charge in [0.15, 0.2) is 5.82 Å². The zero-order valence-electron chi connectivity index (χ0n) is 18.6. The first-order chi connectivity index (χ1) is 15.8. The van der Waals surface area contributed by atoms with Crippen molar-refractivity contribution in [3.05, 3.63) is 35.9 Å². The SMILES string of the molecule is Cc1n[nH]cc1S(=O)(=O)N1CC2(CC(N(C)c3nccc(Nc4cc(C5CC5)[nH]n4)n3)C2)C1. The Balaban J connectivity index is 1.07. The molecule has 3 N–H and O–H groups in total. The minimum Gasteiger partial charge on any atom is -0.341 e. The molecule has 11 nitrogen and oxygen atoms in total. The summed E-state index contributed by atoms with van der Waals surface area (Å²) in [7, 11) is -1.48. The normalized spacial score (nSPS) is 20.4. The van der Waals surface area contributed by atoms with E-state index in [9.17, 15) is 8.42 Å². The molecule has 3 aliphatic rings. The maximum absolute atomic E-state index is 12.8. The minimum atomic E-state index is -3.48. The van der Waals surface area contributed by atoms with Gasteiger partial charge in [-0.25, -0.2) is 13.4 Å². The van der Waals surface area contributed by atoms with Crippen LogP contribution in [0.3, 0.4) is 0 Å². The van der Waals surface area contributed by atoms with Crippen LogP contribution in [0.1, 0.15) is 43.0 Å². The van der Waals surface area contributed by atoms with Gasteiger partial charge in [0.1, 0.15) is 10.7 Å². The van der Waals surface area contributed by atoms with Crippen LogP contribution < -0.4 is 10.2 Å². The Bertz CT molecular complexity index is 1280. The quantitative estimate of drug-likeness (QED) is 0.479. The van der Waals surface area contributed by atoms with Gasteiger partial charge in [0, 0.05) is 61.7 Å². The average molecular weight is 470 g/mol. The number of nitrogens with one attached hydrogen (secondary N) is 3. The summed E-state index contributed by atoms with van der Waals surface area (Å²) in [6.07, 6.45) is 7.49. The number of nitrogens with zero attached hydrogens (tertiary/aromatic N) is 6. The number of rotatable bonds is 7. The topological polar surface area (TPSA) is 136 Å². The van der Waals surface area contributed by atoms with Crippen molar-refractivity contribution in [2.75, 3.05) is 30.4 Å². The van der Waals surface area contributed by atoms with Gasteiger partial charge in [0.2, 0.25) is 16.0 Å². The lowest BCUT2D eigenvalue weighted by Crippen LogP contribution is -2.67. The summed E-state index contributed by atoms with van der Waals surface area (Å²) >= 11 is 0. The smallest absolute Gasteiger partial charge is 0.246 e. The molecule has 4 heterocycles. The van der Waals surface area contributed by atoms with E-state index in [2.05, 4.69) is 40.6 Å². The van der Waals surface area contributed by atoms with Crippen molar-refractivity contribution < 1.29 is 8.42 Å². The van der Waals surface area contributed by atoms with Crippen molar-refractivity contribution in [3.63, 3.8) is 0 Å². The highest BCUT2D eigenvalue weighted by Crippen LogP contribution is 2.51. The van der Waals surface area contributed by atoms with Crippen LogP contribution in [-0.2, 0) is 10.0 Å². The van der Waals surface area contributed by atoms with Crippen LogP contribution >= 0.6 is 0 Å². The molecule has 174 valence electrons. The summed E-state index contributed by atoms with van der Waals surface area (Å²) in [4.78, 5) is 11.5. The third kappa shape index (κ3) is 3.57. The zero-order valence-corrected chi connectivity index (χ0v) is 19.4. The molecule has 3 fully saturated rings. The lowest BCUT2D eigenvalue weighted by atomic mass is 9.61. The first-order valence-electron chi connectivity index (χ1n) is 11.2.